The van der Waals surface area contributed by atoms with Crippen LogP contribution >= 0.6 is 0 Å². The first-order valence-electron chi connectivity index (χ1n) is 6.76. The molecule has 2 rings (SSSR count). The second kappa shape index (κ2) is 5.48. The van der Waals surface area contributed by atoms with E-state index in [2.05, 4.69) is 36.1 Å². The third kappa shape index (κ3) is 2.96. The highest BCUT2D eigenvalue weighted by Gasteiger charge is 2.30. The predicted octanol–water partition coefficient (Wildman–Crippen LogP) is 0.868. The zero-order chi connectivity index (χ0) is 11.5. The summed E-state index contributed by atoms with van der Waals surface area (Å²) in [5.41, 5.74) is 0. The van der Waals surface area contributed by atoms with Crippen molar-refractivity contribution in [3.63, 3.8) is 0 Å². The van der Waals surface area contributed by atoms with Crippen LogP contribution in [0, 0.1) is 11.8 Å². The molecule has 0 amide bonds. The lowest BCUT2D eigenvalue weighted by Crippen LogP contribution is -2.41. The molecule has 0 aliphatic carbocycles. The van der Waals surface area contributed by atoms with E-state index in [9.17, 15) is 0 Å². The minimum Gasteiger partial charge on any atom is -0.316 e. The largest absolute Gasteiger partial charge is 0.316 e. The molecule has 16 heavy (non-hydrogen) atoms. The Hall–Kier alpha value is -0.120. The lowest BCUT2D eigenvalue weighted by atomic mass is 9.97. The maximum atomic E-state index is 3.51. The monoisotopic (exact) mass is 225 g/mol. The summed E-state index contributed by atoms with van der Waals surface area (Å²) in [7, 11) is 4.38. The molecule has 0 bridgehead atoms. The SMILES string of the molecule is CC1CNCC1CN1CCCC1CN(C)C. The van der Waals surface area contributed by atoms with Crippen LogP contribution in [0.25, 0.3) is 0 Å². The fourth-order valence-corrected chi connectivity index (χ4v) is 3.17. The summed E-state index contributed by atoms with van der Waals surface area (Å²) in [4.78, 5) is 5.06. The van der Waals surface area contributed by atoms with E-state index in [0.717, 1.165) is 17.9 Å². The van der Waals surface area contributed by atoms with Crippen molar-refractivity contribution >= 4 is 0 Å². The van der Waals surface area contributed by atoms with Gasteiger partial charge in [-0.3, -0.25) is 4.90 Å². The Morgan fingerprint density at radius 3 is 2.75 bits per heavy atom. The second-order valence-corrected chi connectivity index (χ2v) is 5.95. The van der Waals surface area contributed by atoms with Crippen molar-refractivity contribution in [2.75, 3.05) is 46.8 Å². The van der Waals surface area contributed by atoms with Gasteiger partial charge in [0.25, 0.3) is 0 Å². The molecule has 0 aromatic rings. The van der Waals surface area contributed by atoms with Gasteiger partial charge in [-0.05, 0) is 58.4 Å². The Balaban J connectivity index is 1.83. The highest BCUT2D eigenvalue weighted by Crippen LogP contribution is 2.23. The zero-order valence-electron chi connectivity index (χ0n) is 11.1. The van der Waals surface area contributed by atoms with Gasteiger partial charge in [-0.25, -0.2) is 0 Å². The summed E-state index contributed by atoms with van der Waals surface area (Å²) in [5.74, 6) is 1.74. The van der Waals surface area contributed by atoms with Gasteiger partial charge in [-0.2, -0.15) is 0 Å². The van der Waals surface area contributed by atoms with Crippen LogP contribution in [-0.4, -0.2) is 62.7 Å². The van der Waals surface area contributed by atoms with Crippen molar-refractivity contribution in [3.05, 3.63) is 0 Å². The molecular formula is C13H27N3. The van der Waals surface area contributed by atoms with Crippen LogP contribution in [0.5, 0.6) is 0 Å². The van der Waals surface area contributed by atoms with Gasteiger partial charge >= 0.3 is 0 Å². The lowest BCUT2D eigenvalue weighted by Gasteiger charge is -2.30. The highest BCUT2D eigenvalue weighted by molar-refractivity contribution is 4.86. The molecule has 2 fully saturated rings. The molecular weight excluding hydrogens is 198 g/mol. The number of likely N-dealkylation sites (tertiary alicyclic amines) is 1. The minimum atomic E-state index is 0.808. The van der Waals surface area contributed by atoms with E-state index in [-0.39, 0.29) is 0 Å². The first kappa shape index (κ1) is 12.3. The van der Waals surface area contributed by atoms with Crippen molar-refractivity contribution in [1.82, 2.24) is 15.1 Å². The van der Waals surface area contributed by atoms with E-state index in [1.807, 2.05) is 0 Å². The standard InChI is InChI=1S/C13H27N3/c1-11-7-14-8-12(11)9-16-6-4-5-13(16)10-15(2)3/h11-14H,4-10H2,1-3H3. The smallest absolute Gasteiger partial charge is 0.0223 e. The average Bonchev–Trinajstić information content (AvgIpc) is 2.78. The number of hydrogen-bond acceptors (Lipinski definition) is 3. The first-order valence-corrected chi connectivity index (χ1v) is 6.76. The molecule has 94 valence electrons. The van der Waals surface area contributed by atoms with Gasteiger partial charge in [0.15, 0.2) is 0 Å². The van der Waals surface area contributed by atoms with E-state index < -0.39 is 0 Å². The third-order valence-electron chi connectivity index (χ3n) is 4.22. The number of nitrogens with zero attached hydrogens (tertiary/aromatic N) is 2. The van der Waals surface area contributed by atoms with Crippen LogP contribution in [0.4, 0.5) is 0 Å². The number of likely N-dealkylation sites (N-methyl/N-ethyl adjacent to an activating group) is 1. The number of nitrogens with one attached hydrogen (secondary N) is 1. The Morgan fingerprint density at radius 2 is 2.12 bits per heavy atom. The predicted molar refractivity (Wildman–Crippen MR) is 68.7 cm³/mol. The summed E-state index contributed by atoms with van der Waals surface area (Å²) in [6.45, 7) is 8.70. The quantitative estimate of drug-likeness (QED) is 0.766. The Bertz CT molecular complexity index is 217. The van der Waals surface area contributed by atoms with Gasteiger partial charge in [-0.1, -0.05) is 6.92 Å². The molecule has 3 atom stereocenters. The second-order valence-electron chi connectivity index (χ2n) is 5.95. The van der Waals surface area contributed by atoms with Crippen LogP contribution in [0.1, 0.15) is 19.8 Å². The molecule has 3 heteroatoms. The molecule has 2 aliphatic heterocycles. The van der Waals surface area contributed by atoms with Crippen molar-refractivity contribution in [3.8, 4) is 0 Å². The Morgan fingerprint density at radius 1 is 1.31 bits per heavy atom. The van der Waals surface area contributed by atoms with Crippen LogP contribution < -0.4 is 5.32 Å². The first-order chi connectivity index (χ1) is 7.66. The van der Waals surface area contributed by atoms with Crippen molar-refractivity contribution < 1.29 is 0 Å². The van der Waals surface area contributed by atoms with Crippen LogP contribution in [0.2, 0.25) is 0 Å². The van der Waals surface area contributed by atoms with E-state index >= 15 is 0 Å². The normalized spacial score (nSPS) is 36.4. The molecule has 1 N–H and O–H groups in total. The topological polar surface area (TPSA) is 18.5 Å². The van der Waals surface area contributed by atoms with Gasteiger partial charge in [-0.15, -0.1) is 0 Å². The fraction of sp³-hybridized carbons (Fsp3) is 1.00. The maximum absolute atomic E-state index is 3.51. The van der Waals surface area contributed by atoms with Crippen LogP contribution in [0.15, 0.2) is 0 Å². The fourth-order valence-electron chi connectivity index (χ4n) is 3.17. The van der Waals surface area contributed by atoms with E-state index in [4.69, 9.17) is 0 Å². The molecule has 2 heterocycles. The van der Waals surface area contributed by atoms with E-state index in [1.54, 1.807) is 0 Å². The Labute approximate surface area is 100 Å². The average molecular weight is 225 g/mol. The molecule has 3 unspecified atom stereocenters. The lowest BCUT2D eigenvalue weighted by molar-refractivity contribution is 0.174. The van der Waals surface area contributed by atoms with E-state index in [1.165, 1.54) is 45.6 Å². The van der Waals surface area contributed by atoms with Gasteiger partial charge in [0, 0.05) is 19.1 Å². The highest BCUT2D eigenvalue weighted by atomic mass is 15.2. The Kier molecular flexibility index (Phi) is 4.22. The molecule has 0 spiro atoms. The molecule has 2 aliphatic rings. The van der Waals surface area contributed by atoms with E-state index in [0.29, 0.717) is 0 Å². The maximum Gasteiger partial charge on any atom is 0.0223 e. The molecule has 0 saturated carbocycles. The molecule has 0 radical (unpaired) electrons. The van der Waals surface area contributed by atoms with Crippen molar-refractivity contribution in [2.24, 2.45) is 11.8 Å². The third-order valence-corrected chi connectivity index (χ3v) is 4.22. The number of hydrogen-bond donors (Lipinski definition) is 1. The zero-order valence-corrected chi connectivity index (χ0v) is 11.1. The molecule has 0 aromatic carbocycles. The number of rotatable bonds is 4. The van der Waals surface area contributed by atoms with Crippen LogP contribution in [0.3, 0.4) is 0 Å². The summed E-state index contributed by atoms with van der Waals surface area (Å²) in [5, 5.41) is 3.51. The van der Waals surface area contributed by atoms with Crippen molar-refractivity contribution in [2.45, 2.75) is 25.8 Å². The van der Waals surface area contributed by atoms with Gasteiger partial charge in [0.2, 0.25) is 0 Å². The molecule has 3 nitrogen and oxygen atoms in total. The summed E-state index contributed by atoms with van der Waals surface area (Å²) >= 11 is 0. The van der Waals surface area contributed by atoms with Crippen LogP contribution in [-0.2, 0) is 0 Å². The molecule has 0 aromatic heterocycles. The van der Waals surface area contributed by atoms with Gasteiger partial charge < -0.3 is 10.2 Å². The summed E-state index contributed by atoms with van der Waals surface area (Å²) in [6, 6.07) is 0.808. The minimum absolute atomic E-state index is 0.808. The molecule has 2 saturated heterocycles. The van der Waals surface area contributed by atoms with Gasteiger partial charge in [0.1, 0.15) is 0 Å². The summed E-state index contributed by atoms with van der Waals surface area (Å²) in [6.07, 6.45) is 2.79. The van der Waals surface area contributed by atoms with Gasteiger partial charge in [0.05, 0.1) is 0 Å². The van der Waals surface area contributed by atoms with Crippen molar-refractivity contribution in [1.29, 1.82) is 0 Å². The summed E-state index contributed by atoms with van der Waals surface area (Å²) < 4.78 is 0.